The van der Waals surface area contributed by atoms with E-state index in [1.165, 1.54) is 0 Å². The fourth-order valence-electron chi connectivity index (χ4n) is 1.99. The van der Waals surface area contributed by atoms with Crippen LogP contribution >= 0.6 is 11.3 Å². The normalized spacial score (nSPS) is 11.5. The maximum Gasteiger partial charge on any atom is 0.347 e. The van der Waals surface area contributed by atoms with Crippen molar-refractivity contribution >= 4 is 29.0 Å². The summed E-state index contributed by atoms with van der Waals surface area (Å²) < 4.78 is 1.65. The Balaban J connectivity index is 2.20. The highest BCUT2D eigenvalue weighted by molar-refractivity contribution is 7.13. The first kappa shape index (κ1) is 17.1. The van der Waals surface area contributed by atoms with Crippen LogP contribution in [0.2, 0.25) is 0 Å². The number of aryl methyl sites for hydroxylation is 1. The van der Waals surface area contributed by atoms with Crippen molar-refractivity contribution in [3.05, 3.63) is 27.8 Å². The second kappa shape index (κ2) is 6.49. The zero-order chi connectivity index (χ0) is 17.2. The number of nitrogens with one attached hydrogen (secondary N) is 1. The van der Waals surface area contributed by atoms with Gasteiger partial charge in [-0.2, -0.15) is 5.10 Å². The molecule has 8 heteroatoms. The van der Waals surface area contributed by atoms with Crippen LogP contribution in [0.5, 0.6) is 0 Å². The molecule has 2 aromatic rings. The van der Waals surface area contributed by atoms with Crippen LogP contribution in [0.25, 0.3) is 0 Å². The number of aromatic carboxylic acids is 1. The molecule has 0 aliphatic heterocycles. The molecule has 7 nitrogen and oxygen atoms in total. The quantitative estimate of drug-likeness (QED) is 0.874. The lowest BCUT2D eigenvalue weighted by molar-refractivity contribution is -0.115. The molecule has 0 spiro atoms. The van der Waals surface area contributed by atoms with Crippen molar-refractivity contribution in [1.82, 2.24) is 14.8 Å². The third-order valence-electron chi connectivity index (χ3n) is 3.14. The van der Waals surface area contributed by atoms with Gasteiger partial charge in [0.05, 0.1) is 23.3 Å². The van der Waals surface area contributed by atoms with Gasteiger partial charge in [-0.25, -0.2) is 14.5 Å². The third-order valence-corrected chi connectivity index (χ3v) is 4.66. The standard InChI is InChI=1S/C15H20N4O3S/c1-5-19-10(6-7-16-19)18-11(20)8-9-12(13(21)22)23-14(17-9)15(2,3)4/h6-7H,5,8H2,1-4H3,(H,18,20)(H,21,22). The summed E-state index contributed by atoms with van der Waals surface area (Å²) in [7, 11) is 0. The highest BCUT2D eigenvalue weighted by Gasteiger charge is 2.25. The van der Waals surface area contributed by atoms with E-state index >= 15 is 0 Å². The highest BCUT2D eigenvalue weighted by atomic mass is 32.1. The van der Waals surface area contributed by atoms with Crippen LogP contribution in [0.3, 0.4) is 0 Å². The summed E-state index contributed by atoms with van der Waals surface area (Å²) >= 11 is 1.12. The SMILES string of the molecule is CCn1nccc1NC(=O)Cc1nc(C(C)(C)C)sc1C(=O)O. The van der Waals surface area contributed by atoms with Gasteiger partial charge in [0.2, 0.25) is 5.91 Å². The fourth-order valence-corrected chi connectivity index (χ4v) is 2.97. The number of hydrogen-bond acceptors (Lipinski definition) is 5. The van der Waals surface area contributed by atoms with Crippen molar-refractivity contribution in [3.8, 4) is 0 Å². The zero-order valence-corrected chi connectivity index (χ0v) is 14.4. The molecular weight excluding hydrogens is 316 g/mol. The molecule has 124 valence electrons. The Hall–Kier alpha value is -2.22. The van der Waals surface area contributed by atoms with Crippen LogP contribution in [0.4, 0.5) is 5.82 Å². The first-order chi connectivity index (χ1) is 10.7. The molecule has 0 fully saturated rings. The van der Waals surface area contributed by atoms with Crippen molar-refractivity contribution in [3.63, 3.8) is 0 Å². The van der Waals surface area contributed by atoms with Crippen molar-refractivity contribution in [2.45, 2.75) is 46.1 Å². The van der Waals surface area contributed by atoms with Crippen LogP contribution in [0, 0.1) is 0 Å². The second-order valence-electron chi connectivity index (χ2n) is 6.11. The minimum Gasteiger partial charge on any atom is -0.477 e. The van der Waals surface area contributed by atoms with Gasteiger partial charge >= 0.3 is 5.97 Å². The Labute approximate surface area is 138 Å². The Kier molecular flexibility index (Phi) is 4.84. The van der Waals surface area contributed by atoms with Gasteiger partial charge in [-0.3, -0.25) is 4.79 Å². The van der Waals surface area contributed by atoms with Crippen molar-refractivity contribution in [2.75, 3.05) is 5.32 Å². The average Bonchev–Trinajstić information content (AvgIpc) is 3.04. The van der Waals surface area contributed by atoms with E-state index in [1.807, 2.05) is 27.7 Å². The summed E-state index contributed by atoms with van der Waals surface area (Å²) in [4.78, 5) is 28.1. The molecule has 0 saturated carbocycles. The molecule has 2 N–H and O–H groups in total. The number of carboxylic acid groups (broad SMARTS) is 1. The third kappa shape index (κ3) is 3.95. The van der Waals surface area contributed by atoms with E-state index in [-0.39, 0.29) is 22.6 Å². The molecule has 2 rings (SSSR count). The lowest BCUT2D eigenvalue weighted by Gasteiger charge is -2.13. The number of amides is 1. The number of hydrogen-bond donors (Lipinski definition) is 2. The van der Waals surface area contributed by atoms with Crippen molar-refractivity contribution < 1.29 is 14.7 Å². The minimum atomic E-state index is -1.06. The molecule has 0 aliphatic carbocycles. The number of rotatable bonds is 5. The number of carbonyl (C=O) groups excluding carboxylic acids is 1. The summed E-state index contributed by atoms with van der Waals surface area (Å²) in [6.07, 6.45) is 1.52. The summed E-state index contributed by atoms with van der Waals surface area (Å²) in [6, 6.07) is 1.70. The first-order valence-corrected chi connectivity index (χ1v) is 8.09. The van der Waals surface area contributed by atoms with E-state index < -0.39 is 5.97 Å². The lowest BCUT2D eigenvalue weighted by Crippen LogP contribution is -2.19. The smallest absolute Gasteiger partial charge is 0.347 e. The van der Waals surface area contributed by atoms with Crippen LogP contribution < -0.4 is 5.32 Å². The Morgan fingerprint density at radius 3 is 2.65 bits per heavy atom. The topological polar surface area (TPSA) is 97.1 Å². The minimum absolute atomic E-state index is 0.0803. The average molecular weight is 336 g/mol. The predicted molar refractivity (Wildman–Crippen MR) is 88.0 cm³/mol. The molecule has 23 heavy (non-hydrogen) atoms. The van der Waals surface area contributed by atoms with Crippen molar-refractivity contribution in [1.29, 1.82) is 0 Å². The number of thiazole rings is 1. The monoisotopic (exact) mass is 336 g/mol. The number of aromatic nitrogens is 3. The van der Waals surface area contributed by atoms with Gasteiger partial charge in [0.15, 0.2) is 0 Å². The predicted octanol–water partition coefficient (Wildman–Crippen LogP) is 2.54. The fraction of sp³-hybridized carbons (Fsp3) is 0.467. The number of anilines is 1. The van der Waals surface area contributed by atoms with Gasteiger partial charge in [-0.15, -0.1) is 11.3 Å². The van der Waals surface area contributed by atoms with Gasteiger partial charge in [0.25, 0.3) is 0 Å². The van der Waals surface area contributed by atoms with Crippen LogP contribution in [-0.4, -0.2) is 31.7 Å². The van der Waals surface area contributed by atoms with Gasteiger partial charge in [-0.1, -0.05) is 20.8 Å². The molecule has 0 atom stereocenters. The molecule has 1 amide bonds. The zero-order valence-electron chi connectivity index (χ0n) is 13.6. The molecule has 0 radical (unpaired) electrons. The molecule has 0 saturated heterocycles. The van der Waals surface area contributed by atoms with E-state index in [0.717, 1.165) is 11.3 Å². The lowest BCUT2D eigenvalue weighted by atomic mass is 9.98. The van der Waals surface area contributed by atoms with E-state index in [4.69, 9.17) is 0 Å². The Morgan fingerprint density at radius 2 is 2.09 bits per heavy atom. The number of carboxylic acids is 1. The number of nitrogens with zero attached hydrogens (tertiary/aromatic N) is 3. The number of carbonyl (C=O) groups is 2. The van der Waals surface area contributed by atoms with Crippen LogP contribution in [0.15, 0.2) is 12.3 Å². The Bertz CT molecular complexity index is 727. The van der Waals surface area contributed by atoms with E-state index in [1.54, 1.807) is 16.9 Å². The van der Waals surface area contributed by atoms with Gasteiger partial charge in [0.1, 0.15) is 10.7 Å². The molecule has 2 aromatic heterocycles. The van der Waals surface area contributed by atoms with E-state index in [0.29, 0.717) is 23.1 Å². The molecule has 0 aromatic carbocycles. The summed E-state index contributed by atoms with van der Waals surface area (Å²) in [5.41, 5.74) is 0.0391. The maximum atomic E-state index is 12.2. The highest BCUT2D eigenvalue weighted by Crippen LogP contribution is 2.29. The molecule has 2 heterocycles. The summed E-state index contributed by atoms with van der Waals surface area (Å²) in [5, 5.41) is 16.8. The largest absolute Gasteiger partial charge is 0.477 e. The summed E-state index contributed by atoms with van der Waals surface area (Å²) in [5.74, 6) is -0.784. The van der Waals surface area contributed by atoms with Crippen molar-refractivity contribution in [2.24, 2.45) is 0 Å². The van der Waals surface area contributed by atoms with Gasteiger partial charge in [-0.05, 0) is 6.92 Å². The molecule has 0 bridgehead atoms. The molecular formula is C15H20N4O3S. The van der Waals surface area contributed by atoms with Gasteiger partial charge < -0.3 is 10.4 Å². The van der Waals surface area contributed by atoms with Gasteiger partial charge in [0, 0.05) is 18.0 Å². The maximum absolute atomic E-state index is 12.2. The van der Waals surface area contributed by atoms with E-state index in [2.05, 4.69) is 15.4 Å². The molecule has 0 aliphatic rings. The molecule has 0 unspecified atom stereocenters. The van der Waals surface area contributed by atoms with E-state index in [9.17, 15) is 14.7 Å². The van der Waals surface area contributed by atoms with Crippen LogP contribution in [0.1, 0.15) is 48.1 Å². The second-order valence-corrected chi connectivity index (χ2v) is 7.11. The van der Waals surface area contributed by atoms with Crippen LogP contribution in [-0.2, 0) is 23.2 Å². The summed E-state index contributed by atoms with van der Waals surface area (Å²) in [6.45, 7) is 8.43. The Morgan fingerprint density at radius 1 is 1.39 bits per heavy atom. The first-order valence-electron chi connectivity index (χ1n) is 7.27.